The zero-order valence-electron chi connectivity index (χ0n) is 7.26. The van der Waals surface area contributed by atoms with E-state index in [1.807, 2.05) is 0 Å². The van der Waals surface area contributed by atoms with Gasteiger partial charge in [0.05, 0.1) is 0 Å². The van der Waals surface area contributed by atoms with Crippen molar-refractivity contribution in [2.24, 2.45) is 0 Å². The maximum Gasteiger partial charge on any atom is 0.387 e. The molecule has 0 spiro atoms. The fourth-order valence-electron chi connectivity index (χ4n) is 0.937. The monoisotopic (exact) mass is 264 g/mol. The Balaban J connectivity index is 3.01. The number of rotatable bonds is 3. The molecule has 0 aliphatic rings. The lowest BCUT2D eigenvalue weighted by Crippen LogP contribution is -2.03. The van der Waals surface area contributed by atoms with Gasteiger partial charge >= 0.3 is 6.61 Å². The Bertz CT molecular complexity index is 353. The second kappa shape index (κ2) is 4.50. The maximum absolute atomic E-state index is 11.9. The normalized spacial score (nSPS) is 10.4. The van der Waals surface area contributed by atoms with Gasteiger partial charge in [0.2, 0.25) is 0 Å². The van der Waals surface area contributed by atoms with E-state index in [4.69, 9.17) is 0 Å². The minimum absolute atomic E-state index is 0.0282. The molecule has 0 fully saturated rings. The molecule has 0 radical (unpaired) electrons. The van der Waals surface area contributed by atoms with Crippen molar-refractivity contribution < 1.29 is 18.3 Å². The molecule has 2 nitrogen and oxygen atoms in total. The summed E-state index contributed by atoms with van der Waals surface area (Å²) in [6, 6.07) is 4.19. The van der Waals surface area contributed by atoms with Gasteiger partial charge in [-0.2, -0.15) is 8.78 Å². The van der Waals surface area contributed by atoms with Gasteiger partial charge < -0.3 is 4.74 Å². The van der Waals surface area contributed by atoms with Gasteiger partial charge in [-0.05, 0) is 25.1 Å². The lowest BCUT2D eigenvalue weighted by Gasteiger charge is -2.06. The van der Waals surface area contributed by atoms with E-state index in [-0.39, 0.29) is 11.5 Å². The van der Waals surface area contributed by atoms with Crippen molar-refractivity contribution >= 4 is 21.7 Å². The number of alkyl halides is 2. The molecular weight excluding hydrogens is 258 g/mol. The van der Waals surface area contributed by atoms with Crippen molar-refractivity contribution in [2.75, 3.05) is 0 Å². The van der Waals surface area contributed by atoms with E-state index in [0.717, 1.165) is 0 Å². The molecule has 0 N–H and O–H groups in total. The van der Waals surface area contributed by atoms with E-state index >= 15 is 0 Å². The Kier molecular flexibility index (Phi) is 3.57. The number of carbonyl (C=O) groups is 1. The minimum atomic E-state index is -2.89. The Hall–Kier alpha value is -0.970. The average Bonchev–Trinajstić information content (AvgIpc) is 2.01. The first-order valence-electron chi connectivity index (χ1n) is 3.75. The number of benzene rings is 1. The number of ketones is 1. The Labute approximate surface area is 88.0 Å². The van der Waals surface area contributed by atoms with Crippen molar-refractivity contribution in [1.82, 2.24) is 0 Å². The minimum Gasteiger partial charge on any atom is -0.435 e. The third-order valence-corrected chi connectivity index (χ3v) is 1.96. The van der Waals surface area contributed by atoms with E-state index in [1.54, 1.807) is 6.07 Å². The van der Waals surface area contributed by atoms with Crippen LogP contribution in [0, 0.1) is 0 Å². The third-order valence-electron chi connectivity index (χ3n) is 1.50. The topological polar surface area (TPSA) is 26.3 Å². The van der Waals surface area contributed by atoms with Gasteiger partial charge in [-0.1, -0.05) is 15.9 Å². The van der Waals surface area contributed by atoms with Gasteiger partial charge in [-0.25, -0.2) is 0 Å². The number of Topliss-reactive ketones (excluding diaryl/α,β-unsaturated/α-hetero) is 1. The number of hydrogen-bond donors (Lipinski definition) is 0. The Morgan fingerprint density at radius 3 is 2.57 bits per heavy atom. The van der Waals surface area contributed by atoms with Crippen molar-refractivity contribution in [3.63, 3.8) is 0 Å². The summed E-state index contributed by atoms with van der Waals surface area (Å²) in [6.07, 6.45) is 0. The number of carbonyl (C=O) groups excluding carboxylic acids is 1. The highest BCUT2D eigenvalue weighted by Crippen LogP contribution is 2.23. The molecule has 5 heteroatoms. The summed E-state index contributed by atoms with van der Waals surface area (Å²) >= 11 is 3.09. The van der Waals surface area contributed by atoms with Crippen LogP contribution in [-0.4, -0.2) is 12.4 Å². The highest BCUT2D eigenvalue weighted by Gasteiger charge is 2.08. The lowest BCUT2D eigenvalue weighted by atomic mass is 10.1. The van der Waals surface area contributed by atoms with Gasteiger partial charge in [0.25, 0.3) is 0 Å². The fourth-order valence-corrected chi connectivity index (χ4v) is 1.41. The molecule has 76 valence electrons. The van der Waals surface area contributed by atoms with Crippen LogP contribution in [0.2, 0.25) is 0 Å². The summed E-state index contributed by atoms with van der Waals surface area (Å²) in [5, 5.41) is 0. The molecular formula is C9H7BrF2O2. The summed E-state index contributed by atoms with van der Waals surface area (Å²) in [6.45, 7) is -1.53. The smallest absolute Gasteiger partial charge is 0.387 e. The molecule has 0 aliphatic carbocycles. The van der Waals surface area contributed by atoms with Crippen molar-refractivity contribution in [1.29, 1.82) is 0 Å². The molecule has 1 aromatic rings. The van der Waals surface area contributed by atoms with Crippen LogP contribution >= 0.6 is 15.9 Å². The average molecular weight is 265 g/mol. The van der Waals surface area contributed by atoms with Gasteiger partial charge in [0.15, 0.2) is 5.78 Å². The highest BCUT2D eigenvalue weighted by molar-refractivity contribution is 9.10. The SMILES string of the molecule is CC(=O)c1cc(Br)cc(OC(F)F)c1. The zero-order valence-corrected chi connectivity index (χ0v) is 8.85. The molecule has 0 aliphatic heterocycles. The van der Waals surface area contributed by atoms with Crippen LogP contribution < -0.4 is 4.74 Å². The lowest BCUT2D eigenvalue weighted by molar-refractivity contribution is -0.0499. The van der Waals surface area contributed by atoms with Crippen molar-refractivity contribution in [2.45, 2.75) is 13.5 Å². The van der Waals surface area contributed by atoms with Crippen LogP contribution in [0.3, 0.4) is 0 Å². The number of hydrogen-bond acceptors (Lipinski definition) is 2. The molecule has 0 atom stereocenters. The largest absolute Gasteiger partial charge is 0.435 e. The van der Waals surface area contributed by atoms with E-state index in [2.05, 4.69) is 20.7 Å². The predicted octanol–water partition coefficient (Wildman–Crippen LogP) is 3.25. The second-order valence-electron chi connectivity index (χ2n) is 2.61. The van der Waals surface area contributed by atoms with Crippen LogP contribution in [-0.2, 0) is 0 Å². The van der Waals surface area contributed by atoms with Gasteiger partial charge in [0, 0.05) is 10.0 Å². The van der Waals surface area contributed by atoms with Crippen LogP contribution in [0.15, 0.2) is 22.7 Å². The molecule has 0 bridgehead atoms. The molecule has 1 aromatic carbocycles. The summed E-state index contributed by atoms with van der Waals surface area (Å²) in [4.78, 5) is 11.0. The van der Waals surface area contributed by atoms with E-state index in [0.29, 0.717) is 10.0 Å². The zero-order chi connectivity index (χ0) is 10.7. The molecule has 0 amide bonds. The molecule has 14 heavy (non-hydrogen) atoms. The number of ether oxygens (including phenoxy) is 1. The van der Waals surface area contributed by atoms with Crippen molar-refractivity contribution in [3.05, 3.63) is 28.2 Å². The summed E-state index contributed by atoms with van der Waals surface area (Å²) < 4.78 is 28.4. The molecule has 0 unspecified atom stereocenters. The van der Waals surface area contributed by atoms with Crippen LogP contribution in [0.5, 0.6) is 5.75 Å². The molecule has 0 heterocycles. The fraction of sp³-hybridized carbons (Fsp3) is 0.222. The summed E-state index contributed by atoms with van der Waals surface area (Å²) in [5.74, 6) is -0.231. The molecule has 0 aromatic heterocycles. The second-order valence-corrected chi connectivity index (χ2v) is 3.53. The first kappa shape index (κ1) is 11.1. The Morgan fingerprint density at radius 2 is 2.07 bits per heavy atom. The molecule has 0 saturated heterocycles. The maximum atomic E-state index is 11.9. The van der Waals surface area contributed by atoms with Gasteiger partial charge in [-0.15, -0.1) is 0 Å². The van der Waals surface area contributed by atoms with Gasteiger partial charge in [0.1, 0.15) is 5.75 Å². The summed E-state index contributed by atoms with van der Waals surface area (Å²) in [5.41, 5.74) is 0.329. The third kappa shape index (κ3) is 3.06. The Morgan fingerprint density at radius 1 is 1.43 bits per heavy atom. The van der Waals surface area contributed by atoms with Crippen molar-refractivity contribution in [3.8, 4) is 5.75 Å². The molecule has 0 saturated carbocycles. The van der Waals surface area contributed by atoms with E-state index < -0.39 is 6.61 Å². The molecule has 1 rings (SSSR count). The van der Waals surface area contributed by atoms with E-state index in [9.17, 15) is 13.6 Å². The first-order valence-corrected chi connectivity index (χ1v) is 4.54. The highest BCUT2D eigenvalue weighted by atomic mass is 79.9. The quantitative estimate of drug-likeness (QED) is 0.784. The van der Waals surface area contributed by atoms with Crippen LogP contribution in [0.4, 0.5) is 8.78 Å². The predicted molar refractivity (Wildman–Crippen MR) is 50.8 cm³/mol. The first-order chi connectivity index (χ1) is 6.49. The van der Waals surface area contributed by atoms with Crippen LogP contribution in [0.25, 0.3) is 0 Å². The van der Waals surface area contributed by atoms with Gasteiger partial charge in [-0.3, -0.25) is 4.79 Å². The summed E-state index contributed by atoms with van der Waals surface area (Å²) in [7, 11) is 0. The number of halogens is 3. The van der Waals surface area contributed by atoms with E-state index in [1.165, 1.54) is 19.1 Å². The van der Waals surface area contributed by atoms with Crippen LogP contribution in [0.1, 0.15) is 17.3 Å². The standard InChI is InChI=1S/C9H7BrF2O2/c1-5(13)6-2-7(10)4-8(3-6)14-9(11)12/h2-4,9H,1H3.